The second kappa shape index (κ2) is 13.0. The topological polar surface area (TPSA) is 43.9 Å². The van der Waals surface area contributed by atoms with Gasteiger partial charge in [0, 0.05) is 19.6 Å². The molecule has 0 atom stereocenters. The summed E-state index contributed by atoms with van der Waals surface area (Å²) >= 11 is 3.55. The molecule has 5 nitrogen and oxygen atoms in total. The van der Waals surface area contributed by atoms with Gasteiger partial charge >= 0.3 is 0 Å². The SMILES string of the molecule is CC.O=S1(=O)c2ccccc2N(c2cc(N3c4ccccc4Sc4ccccc43)cc(N3c4ccccc4Sc4ccccc43)c2)c2ccccc21. The molecule has 0 unspecified atom stereocenters. The van der Waals surface area contributed by atoms with Crippen molar-refractivity contribution in [3.63, 3.8) is 0 Å². The van der Waals surface area contributed by atoms with Crippen LogP contribution >= 0.6 is 23.5 Å². The van der Waals surface area contributed by atoms with Crippen LogP contribution in [0.1, 0.15) is 13.8 Å². The molecule has 0 saturated heterocycles. The summed E-state index contributed by atoms with van der Waals surface area (Å²) in [4.78, 5) is 12.0. The summed E-state index contributed by atoms with van der Waals surface area (Å²) in [7, 11) is -3.73. The Labute approximate surface area is 313 Å². The number of rotatable bonds is 3. The van der Waals surface area contributed by atoms with Gasteiger partial charge in [0.1, 0.15) is 0 Å². The molecule has 0 amide bonds. The van der Waals surface area contributed by atoms with Crippen LogP contribution < -0.4 is 14.7 Å². The Bertz CT molecular complexity index is 2360. The number of sulfone groups is 1. The van der Waals surface area contributed by atoms with Crippen LogP contribution in [0, 0.1) is 0 Å². The van der Waals surface area contributed by atoms with Gasteiger partial charge < -0.3 is 14.7 Å². The zero-order valence-electron chi connectivity index (χ0n) is 28.5. The Balaban J connectivity index is 0.00000177. The molecule has 0 saturated carbocycles. The van der Waals surface area contributed by atoms with Crippen LogP contribution in [0.4, 0.5) is 51.2 Å². The van der Waals surface area contributed by atoms with E-state index in [1.54, 1.807) is 47.8 Å². The number of fused-ring (bicyclic) bond motifs is 6. The van der Waals surface area contributed by atoms with Crippen LogP contribution in [0.15, 0.2) is 193 Å². The molecule has 0 aromatic heterocycles. The van der Waals surface area contributed by atoms with Gasteiger partial charge in [-0.1, -0.05) is 110 Å². The maximum absolute atomic E-state index is 14.0. The molecule has 254 valence electrons. The third-order valence-electron chi connectivity index (χ3n) is 9.32. The van der Waals surface area contributed by atoms with Gasteiger partial charge in [-0.3, -0.25) is 0 Å². The molecule has 7 aromatic carbocycles. The van der Waals surface area contributed by atoms with Crippen molar-refractivity contribution in [2.45, 2.75) is 43.2 Å². The Morgan fingerprint density at radius 3 is 0.942 bits per heavy atom. The van der Waals surface area contributed by atoms with Crippen LogP contribution in [0.25, 0.3) is 0 Å². The molecule has 0 fully saturated rings. The smallest absolute Gasteiger partial charge is 0.210 e. The molecular formula is C44H33N3O2S3. The van der Waals surface area contributed by atoms with Crippen LogP contribution in [-0.4, -0.2) is 8.42 Å². The minimum absolute atomic E-state index is 0.292. The average molecular weight is 732 g/mol. The molecule has 0 N–H and O–H groups in total. The van der Waals surface area contributed by atoms with Crippen molar-refractivity contribution in [1.82, 2.24) is 0 Å². The fourth-order valence-electron chi connectivity index (χ4n) is 7.20. The van der Waals surface area contributed by atoms with Gasteiger partial charge in [0.05, 0.1) is 61.0 Å². The molecular weight excluding hydrogens is 699 g/mol. The molecule has 8 heteroatoms. The monoisotopic (exact) mass is 731 g/mol. The van der Waals surface area contributed by atoms with Crippen molar-refractivity contribution in [1.29, 1.82) is 0 Å². The van der Waals surface area contributed by atoms with E-state index in [2.05, 4.69) is 130 Å². The lowest BCUT2D eigenvalue weighted by Crippen LogP contribution is -2.23. The first-order valence-corrected chi connectivity index (χ1v) is 20.4. The molecule has 3 heterocycles. The summed E-state index contributed by atoms with van der Waals surface area (Å²) in [6, 6.07) is 55.3. The number of anilines is 9. The van der Waals surface area contributed by atoms with Gasteiger partial charge in [0.25, 0.3) is 0 Å². The van der Waals surface area contributed by atoms with Crippen LogP contribution in [0.3, 0.4) is 0 Å². The molecule has 10 rings (SSSR count). The minimum Gasteiger partial charge on any atom is -0.308 e. The molecule has 0 spiro atoms. The minimum atomic E-state index is -3.73. The van der Waals surface area contributed by atoms with E-state index in [4.69, 9.17) is 0 Å². The van der Waals surface area contributed by atoms with E-state index in [9.17, 15) is 8.42 Å². The summed E-state index contributed by atoms with van der Waals surface area (Å²) < 4.78 is 28.0. The number of hydrogen-bond acceptors (Lipinski definition) is 7. The lowest BCUT2D eigenvalue weighted by atomic mass is 10.1. The van der Waals surface area contributed by atoms with Gasteiger partial charge in [0.15, 0.2) is 0 Å². The molecule has 3 aliphatic heterocycles. The number of nitrogens with zero attached hydrogens (tertiary/aromatic N) is 3. The Morgan fingerprint density at radius 1 is 0.365 bits per heavy atom. The van der Waals surface area contributed by atoms with E-state index in [0.717, 1.165) is 39.8 Å². The zero-order chi connectivity index (χ0) is 35.4. The maximum Gasteiger partial charge on any atom is 0.210 e. The summed E-state index contributed by atoms with van der Waals surface area (Å²) in [5.74, 6) is 0. The van der Waals surface area contributed by atoms with E-state index in [0.29, 0.717) is 21.2 Å². The Kier molecular flexibility index (Phi) is 8.11. The molecule has 0 aliphatic carbocycles. The standard InChI is InChI=1S/C42H27N3O2S3.C2H6/c46-50(47)41-23-11-5-17-35(41)45(36-18-6-12-24-42(36)50)30-26-28(43-31-13-1-7-19-37(31)48-38-20-8-2-14-32(38)43)25-29(27-30)44-33-15-3-9-21-39(33)49-40-22-10-4-16-34(40)44;1-2/h1-27H;1-2H3. The van der Waals surface area contributed by atoms with Gasteiger partial charge in [-0.25, -0.2) is 8.42 Å². The molecule has 7 aromatic rings. The van der Waals surface area contributed by atoms with E-state index in [1.165, 1.54) is 19.6 Å². The Morgan fingerprint density at radius 2 is 0.615 bits per heavy atom. The first-order chi connectivity index (χ1) is 25.6. The highest BCUT2D eigenvalue weighted by molar-refractivity contribution is 8.00. The van der Waals surface area contributed by atoms with E-state index in [1.807, 2.05) is 38.1 Å². The molecule has 3 aliphatic rings. The van der Waals surface area contributed by atoms with Gasteiger partial charge in [0.2, 0.25) is 9.84 Å². The second-order valence-electron chi connectivity index (χ2n) is 12.2. The van der Waals surface area contributed by atoms with E-state index >= 15 is 0 Å². The molecule has 52 heavy (non-hydrogen) atoms. The number of hydrogen-bond donors (Lipinski definition) is 0. The predicted octanol–water partition coefficient (Wildman–Crippen LogP) is 13.2. The summed E-state index contributed by atoms with van der Waals surface area (Å²) in [6.45, 7) is 4.00. The lowest BCUT2D eigenvalue weighted by Gasteiger charge is -2.38. The van der Waals surface area contributed by atoms with E-state index < -0.39 is 9.84 Å². The molecule has 0 radical (unpaired) electrons. The third kappa shape index (κ3) is 5.12. The van der Waals surface area contributed by atoms with Gasteiger partial charge in [-0.05, 0) is 91.0 Å². The van der Waals surface area contributed by atoms with Crippen molar-refractivity contribution in [3.8, 4) is 0 Å². The van der Waals surface area contributed by atoms with Crippen molar-refractivity contribution < 1.29 is 8.42 Å². The third-order valence-corrected chi connectivity index (χ3v) is 13.4. The summed E-state index contributed by atoms with van der Waals surface area (Å²) in [6.07, 6.45) is 0. The normalized spacial score (nSPS) is 14.4. The highest BCUT2D eigenvalue weighted by Gasteiger charge is 2.36. The first-order valence-electron chi connectivity index (χ1n) is 17.3. The average Bonchev–Trinajstić information content (AvgIpc) is 3.20. The number of benzene rings is 7. The summed E-state index contributed by atoms with van der Waals surface area (Å²) in [5, 5.41) is 0. The second-order valence-corrected chi connectivity index (χ2v) is 16.3. The highest BCUT2D eigenvalue weighted by Crippen LogP contribution is 2.57. The van der Waals surface area contributed by atoms with Crippen LogP contribution in [-0.2, 0) is 9.84 Å². The van der Waals surface area contributed by atoms with Crippen molar-refractivity contribution in [2.24, 2.45) is 0 Å². The first kappa shape index (κ1) is 32.5. The fraction of sp³-hybridized carbons (Fsp3) is 0.0455. The Hall–Kier alpha value is -5.41. The number of para-hydroxylation sites is 6. The van der Waals surface area contributed by atoms with Crippen LogP contribution in [0.2, 0.25) is 0 Å². The van der Waals surface area contributed by atoms with E-state index in [-0.39, 0.29) is 0 Å². The van der Waals surface area contributed by atoms with Crippen LogP contribution in [0.5, 0.6) is 0 Å². The fourth-order valence-corrected chi connectivity index (χ4v) is 10.9. The predicted molar refractivity (Wildman–Crippen MR) is 216 cm³/mol. The maximum atomic E-state index is 14.0. The quantitative estimate of drug-likeness (QED) is 0.179. The van der Waals surface area contributed by atoms with Gasteiger partial charge in [-0.15, -0.1) is 0 Å². The highest BCUT2D eigenvalue weighted by atomic mass is 32.2. The van der Waals surface area contributed by atoms with Gasteiger partial charge in [-0.2, -0.15) is 0 Å². The molecule has 0 bridgehead atoms. The van der Waals surface area contributed by atoms with Crippen molar-refractivity contribution in [3.05, 3.63) is 164 Å². The zero-order valence-corrected chi connectivity index (χ0v) is 30.9. The van der Waals surface area contributed by atoms with Crippen molar-refractivity contribution >= 4 is 84.5 Å². The summed E-state index contributed by atoms with van der Waals surface area (Å²) in [5.41, 5.74) is 8.41. The lowest BCUT2D eigenvalue weighted by molar-refractivity contribution is 0.595. The largest absolute Gasteiger partial charge is 0.308 e. The van der Waals surface area contributed by atoms with Crippen molar-refractivity contribution in [2.75, 3.05) is 14.7 Å².